The zero-order valence-electron chi connectivity index (χ0n) is 21.8. The van der Waals surface area contributed by atoms with E-state index < -0.39 is 5.97 Å². The second kappa shape index (κ2) is 11.7. The predicted molar refractivity (Wildman–Crippen MR) is 144 cm³/mol. The Balaban J connectivity index is 1.83. The summed E-state index contributed by atoms with van der Waals surface area (Å²) in [6.45, 7) is 14.1. The summed E-state index contributed by atoms with van der Waals surface area (Å²) in [7, 11) is 0. The monoisotopic (exact) mass is 488 g/mol. The first-order valence-electron chi connectivity index (χ1n) is 13.0. The molecule has 0 unspecified atom stereocenters. The molecular weight excluding hydrogens is 452 g/mol. The van der Waals surface area contributed by atoms with Gasteiger partial charge in [0.15, 0.2) is 5.78 Å². The van der Waals surface area contributed by atoms with Crippen LogP contribution in [-0.4, -0.2) is 74.0 Å². The molecule has 4 rings (SSSR count). The Bertz CT molecular complexity index is 1290. The quantitative estimate of drug-likeness (QED) is 0.365. The Morgan fingerprint density at radius 3 is 2.22 bits per heavy atom. The summed E-state index contributed by atoms with van der Waals surface area (Å²) in [4.78, 5) is 31.3. The number of benzene rings is 2. The highest BCUT2D eigenvalue weighted by molar-refractivity contribution is 6.14. The number of carbonyl (C=O) groups is 2. The predicted octanol–water partition coefficient (Wildman–Crippen LogP) is 3.25. The van der Waals surface area contributed by atoms with Crippen LogP contribution in [0.2, 0.25) is 0 Å². The van der Waals surface area contributed by atoms with E-state index in [4.69, 9.17) is 9.47 Å². The minimum Gasteiger partial charge on any atom is -0.491 e. The van der Waals surface area contributed by atoms with Gasteiger partial charge in [0.2, 0.25) is 0 Å². The van der Waals surface area contributed by atoms with Gasteiger partial charge in [0, 0.05) is 34.7 Å². The molecule has 0 spiro atoms. The summed E-state index contributed by atoms with van der Waals surface area (Å²) in [5.41, 5.74) is 3.71. The highest BCUT2D eigenvalue weighted by Crippen LogP contribution is 2.32. The Hall–Kier alpha value is -3.22. The molecule has 2 aromatic carbocycles. The zero-order chi connectivity index (χ0) is 25.7. The SMILES string of the molecule is CCN(CC)CCOC(=O)c1c(OCCN(CC)CC)c2c(c3c1=Cc1ccccc1-3)C(=O)C=CC=2. The average molecular weight is 489 g/mol. The van der Waals surface area contributed by atoms with Crippen molar-refractivity contribution < 1.29 is 19.1 Å². The van der Waals surface area contributed by atoms with Crippen LogP contribution < -0.4 is 15.2 Å². The number of ketones is 1. The van der Waals surface area contributed by atoms with Crippen molar-refractivity contribution in [1.29, 1.82) is 0 Å². The maximum atomic E-state index is 13.6. The third kappa shape index (κ3) is 5.01. The molecule has 0 N–H and O–H groups in total. The van der Waals surface area contributed by atoms with Gasteiger partial charge in [0.25, 0.3) is 0 Å². The first kappa shape index (κ1) is 25.9. The van der Waals surface area contributed by atoms with Crippen molar-refractivity contribution in [3.8, 4) is 16.9 Å². The Kier molecular flexibility index (Phi) is 8.39. The fourth-order valence-corrected chi connectivity index (χ4v) is 4.97. The number of carbonyl (C=O) groups excluding carboxylic acids is 2. The van der Waals surface area contributed by atoms with E-state index in [9.17, 15) is 9.59 Å². The van der Waals surface area contributed by atoms with Gasteiger partial charge in [-0.15, -0.1) is 0 Å². The molecule has 0 saturated carbocycles. The van der Waals surface area contributed by atoms with Crippen LogP contribution in [0.4, 0.5) is 0 Å². The molecule has 0 fully saturated rings. The number of nitrogens with zero attached hydrogens (tertiary/aromatic N) is 2. The number of fused-ring (bicyclic) bond motifs is 5. The topological polar surface area (TPSA) is 59.1 Å². The second-order valence-electron chi connectivity index (χ2n) is 8.94. The van der Waals surface area contributed by atoms with Gasteiger partial charge in [0.05, 0.1) is 0 Å². The number of hydrogen-bond acceptors (Lipinski definition) is 6. The third-order valence-electron chi connectivity index (χ3n) is 7.10. The number of ether oxygens (including phenoxy) is 2. The lowest BCUT2D eigenvalue weighted by atomic mass is 9.90. The molecule has 2 aromatic rings. The Morgan fingerprint density at radius 2 is 1.53 bits per heavy atom. The van der Waals surface area contributed by atoms with Crippen molar-refractivity contribution >= 4 is 23.9 Å². The molecule has 0 amide bonds. The minimum atomic E-state index is -0.418. The highest BCUT2D eigenvalue weighted by atomic mass is 16.5. The number of esters is 1. The van der Waals surface area contributed by atoms with Gasteiger partial charge in [-0.3, -0.25) is 4.79 Å². The van der Waals surface area contributed by atoms with E-state index in [1.807, 2.05) is 36.4 Å². The number of likely N-dealkylation sites (N-methyl/N-ethyl adjacent to an activating group) is 2. The Labute approximate surface area is 213 Å². The van der Waals surface area contributed by atoms with Gasteiger partial charge in [-0.2, -0.15) is 0 Å². The molecule has 0 heterocycles. The molecule has 2 aliphatic carbocycles. The van der Waals surface area contributed by atoms with Crippen molar-refractivity contribution in [3.63, 3.8) is 0 Å². The van der Waals surface area contributed by atoms with Gasteiger partial charge in [-0.25, -0.2) is 4.79 Å². The summed E-state index contributed by atoms with van der Waals surface area (Å²) in [6, 6.07) is 7.92. The second-order valence-corrected chi connectivity index (χ2v) is 8.94. The van der Waals surface area contributed by atoms with Crippen LogP contribution in [-0.2, 0) is 4.74 Å². The molecule has 6 nitrogen and oxygen atoms in total. The van der Waals surface area contributed by atoms with Crippen LogP contribution in [0, 0.1) is 0 Å². The van der Waals surface area contributed by atoms with E-state index in [1.165, 1.54) is 0 Å². The molecule has 0 saturated heterocycles. The molecule has 190 valence electrons. The molecule has 0 aliphatic heterocycles. The normalized spacial score (nSPS) is 13.2. The van der Waals surface area contributed by atoms with Crippen molar-refractivity contribution in [2.24, 2.45) is 0 Å². The van der Waals surface area contributed by atoms with Crippen molar-refractivity contribution in [2.75, 3.05) is 52.5 Å². The lowest BCUT2D eigenvalue weighted by Gasteiger charge is -2.22. The molecule has 6 heteroatoms. The van der Waals surface area contributed by atoms with Gasteiger partial charge in [-0.05, 0) is 49.5 Å². The van der Waals surface area contributed by atoms with Gasteiger partial charge in [0.1, 0.15) is 24.5 Å². The fraction of sp³-hybridized carbons (Fsp3) is 0.400. The molecule has 0 radical (unpaired) electrons. The van der Waals surface area contributed by atoms with E-state index in [-0.39, 0.29) is 5.78 Å². The summed E-state index contributed by atoms with van der Waals surface area (Å²) in [5, 5.41) is 1.36. The number of rotatable bonds is 12. The number of hydrogen-bond donors (Lipinski definition) is 0. The van der Waals surface area contributed by atoms with Crippen molar-refractivity contribution in [2.45, 2.75) is 27.7 Å². The summed E-state index contributed by atoms with van der Waals surface area (Å²) >= 11 is 0. The average Bonchev–Trinajstić information content (AvgIpc) is 3.28. The maximum absolute atomic E-state index is 13.6. The van der Waals surface area contributed by atoms with Crippen LogP contribution in [0.15, 0.2) is 36.4 Å². The van der Waals surface area contributed by atoms with E-state index in [0.29, 0.717) is 47.1 Å². The summed E-state index contributed by atoms with van der Waals surface area (Å²) in [5.74, 6) is -0.0621. The van der Waals surface area contributed by atoms with Gasteiger partial charge < -0.3 is 19.3 Å². The zero-order valence-corrected chi connectivity index (χ0v) is 21.8. The molecule has 0 atom stereocenters. The largest absolute Gasteiger partial charge is 0.491 e. The van der Waals surface area contributed by atoms with Crippen LogP contribution in [0.3, 0.4) is 0 Å². The standard InChI is InChI=1S/C30H36N2O4/c1-5-31(6-2)16-18-35-29-23-14-11-15-25(33)27(23)26-22-13-10-9-12-21(22)20-24(26)28(29)30(34)36-19-17-32(7-3)8-4/h9-15,20H,5-8,16-19H2,1-4H3. The first-order valence-corrected chi connectivity index (χ1v) is 13.0. The number of allylic oxidation sites excluding steroid dienone is 2. The van der Waals surface area contributed by atoms with Crippen molar-refractivity contribution in [1.82, 2.24) is 9.80 Å². The minimum absolute atomic E-state index is 0.0797. The molecular formula is C30H36N2O4. The van der Waals surface area contributed by atoms with E-state index in [2.05, 4.69) is 37.5 Å². The fourth-order valence-electron chi connectivity index (χ4n) is 4.97. The van der Waals surface area contributed by atoms with Crippen LogP contribution >= 0.6 is 0 Å². The first-order chi connectivity index (χ1) is 17.5. The molecule has 2 aliphatic rings. The van der Waals surface area contributed by atoms with Crippen LogP contribution in [0.5, 0.6) is 5.75 Å². The van der Waals surface area contributed by atoms with Gasteiger partial charge >= 0.3 is 5.97 Å². The summed E-state index contributed by atoms with van der Waals surface area (Å²) in [6.07, 6.45) is 7.16. The van der Waals surface area contributed by atoms with E-state index in [1.54, 1.807) is 12.2 Å². The van der Waals surface area contributed by atoms with Gasteiger partial charge in [-0.1, -0.05) is 64.1 Å². The third-order valence-corrected chi connectivity index (χ3v) is 7.10. The van der Waals surface area contributed by atoms with E-state index >= 15 is 0 Å². The van der Waals surface area contributed by atoms with Crippen molar-refractivity contribution in [3.05, 3.63) is 63.5 Å². The van der Waals surface area contributed by atoms with E-state index in [0.717, 1.165) is 49.4 Å². The lowest BCUT2D eigenvalue weighted by Crippen LogP contribution is -2.34. The summed E-state index contributed by atoms with van der Waals surface area (Å²) < 4.78 is 12.1. The molecule has 0 aromatic heterocycles. The lowest BCUT2D eigenvalue weighted by molar-refractivity contribution is 0.0459. The van der Waals surface area contributed by atoms with Crippen LogP contribution in [0.25, 0.3) is 23.3 Å². The highest BCUT2D eigenvalue weighted by Gasteiger charge is 2.30. The van der Waals surface area contributed by atoms with Crippen LogP contribution in [0.1, 0.15) is 54.0 Å². The molecule has 36 heavy (non-hydrogen) atoms. The molecule has 0 bridgehead atoms. The smallest absolute Gasteiger partial charge is 0.342 e. The Morgan fingerprint density at radius 1 is 0.861 bits per heavy atom. The maximum Gasteiger partial charge on any atom is 0.342 e.